The molecule has 0 aliphatic carbocycles. The molecule has 3 rings (SSSR count). The lowest BCUT2D eigenvalue weighted by Crippen LogP contribution is -2.06. The molecular formula is C21H24N2OS. The molecule has 1 aromatic carbocycles. The summed E-state index contributed by atoms with van der Waals surface area (Å²) >= 11 is 1.41. The predicted molar refractivity (Wildman–Crippen MR) is 107 cm³/mol. The van der Waals surface area contributed by atoms with Crippen LogP contribution < -0.4 is 5.73 Å². The Labute approximate surface area is 152 Å². The quantitative estimate of drug-likeness (QED) is 0.658. The zero-order valence-corrected chi connectivity index (χ0v) is 16.5. The summed E-state index contributed by atoms with van der Waals surface area (Å²) in [6, 6.07) is 4.04. The molecule has 3 aromatic rings. The van der Waals surface area contributed by atoms with E-state index < -0.39 is 0 Å². The van der Waals surface area contributed by atoms with Crippen molar-refractivity contribution in [3.05, 3.63) is 56.1 Å². The molecule has 25 heavy (non-hydrogen) atoms. The van der Waals surface area contributed by atoms with Gasteiger partial charge in [-0.05, 0) is 74.9 Å². The normalized spacial score (nSPS) is 11.3. The first-order valence-corrected chi connectivity index (χ1v) is 9.38. The molecular weight excluding hydrogens is 328 g/mol. The number of nitrogens with two attached hydrogens (primary N) is 1. The van der Waals surface area contributed by atoms with E-state index in [1.54, 1.807) is 0 Å². The predicted octanol–water partition coefficient (Wildman–Crippen LogP) is 5.21. The molecule has 0 amide bonds. The molecule has 4 heteroatoms. The van der Waals surface area contributed by atoms with Crippen LogP contribution in [0.5, 0.6) is 0 Å². The van der Waals surface area contributed by atoms with Gasteiger partial charge in [0.1, 0.15) is 9.71 Å². The fourth-order valence-electron chi connectivity index (χ4n) is 3.53. The van der Waals surface area contributed by atoms with Crippen molar-refractivity contribution >= 4 is 33.0 Å². The van der Waals surface area contributed by atoms with Gasteiger partial charge in [-0.2, -0.15) is 0 Å². The number of carbonyl (C=O) groups excluding carboxylic acids is 1. The van der Waals surface area contributed by atoms with Crippen LogP contribution in [-0.2, 0) is 6.42 Å². The third kappa shape index (κ3) is 2.74. The standard InChI is InChI=1S/C21H24N2OS/c1-7-15-13(5)17-18(22)20(25-21(17)23-14(15)6)19(24)16-9-11(3)10(2)8-12(16)4/h8-9H,7,22H2,1-6H3. The number of thiophene rings is 1. The number of anilines is 1. The Morgan fingerprint density at radius 1 is 1.08 bits per heavy atom. The summed E-state index contributed by atoms with van der Waals surface area (Å²) in [6.45, 7) is 12.3. The summed E-state index contributed by atoms with van der Waals surface area (Å²) in [5.41, 5.74) is 14.4. The minimum absolute atomic E-state index is 0.00352. The van der Waals surface area contributed by atoms with E-state index in [1.165, 1.54) is 22.5 Å². The molecule has 0 bridgehead atoms. The van der Waals surface area contributed by atoms with Crippen molar-refractivity contribution in [2.24, 2.45) is 0 Å². The molecule has 0 fully saturated rings. The summed E-state index contributed by atoms with van der Waals surface area (Å²) in [5, 5.41) is 0.942. The van der Waals surface area contributed by atoms with Gasteiger partial charge in [0.15, 0.2) is 0 Å². The highest BCUT2D eigenvalue weighted by Crippen LogP contribution is 2.38. The van der Waals surface area contributed by atoms with Crippen molar-refractivity contribution in [3.8, 4) is 0 Å². The Morgan fingerprint density at radius 2 is 1.72 bits per heavy atom. The SMILES string of the molecule is CCc1c(C)nc2sc(C(=O)c3cc(C)c(C)cc3C)c(N)c2c1C. The van der Waals surface area contributed by atoms with Crippen LogP contribution in [0.1, 0.15) is 55.7 Å². The van der Waals surface area contributed by atoms with E-state index >= 15 is 0 Å². The van der Waals surface area contributed by atoms with E-state index in [0.717, 1.165) is 44.6 Å². The monoisotopic (exact) mass is 352 g/mol. The molecule has 0 unspecified atom stereocenters. The first-order chi connectivity index (χ1) is 11.8. The third-order valence-corrected chi connectivity index (χ3v) is 6.20. The third-order valence-electron chi connectivity index (χ3n) is 5.11. The van der Waals surface area contributed by atoms with Gasteiger partial charge in [0.05, 0.1) is 5.69 Å². The summed E-state index contributed by atoms with van der Waals surface area (Å²) in [5.74, 6) is -0.00352. The molecule has 0 aliphatic heterocycles. The van der Waals surface area contributed by atoms with E-state index in [0.29, 0.717) is 10.6 Å². The summed E-state index contributed by atoms with van der Waals surface area (Å²) in [6.07, 6.45) is 0.912. The summed E-state index contributed by atoms with van der Waals surface area (Å²) in [4.78, 5) is 19.3. The van der Waals surface area contributed by atoms with Crippen LogP contribution in [0.2, 0.25) is 0 Å². The minimum atomic E-state index is -0.00352. The smallest absolute Gasteiger partial charge is 0.205 e. The highest BCUT2D eigenvalue weighted by atomic mass is 32.1. The van der Waals surface area contributed by atoms with Gasteiger partial charge in [-0.25, -0.2) is 4.98 Å². The topological polar surface area (TPSA) is 56.0 Å². The maximum absolute atomic E-state index is 13.2. The van der Waals surface area contributed by atoms with Gasteiger partial charge in [-0.3, -0.25) is 4.79 Å². The Bertz CT molecular complexity index is 1010. The van der Waals surface area contributed by atoms with E-state index in [9.17, 15) is 4.79 Å². The number of rotatable bonds is 3. The number of hydrogen-bond acceptors (Lipinski definition) is 4. The fraction of sp³-hybridized carbons (Fsp3) is 0.333. The lowest BCUT2D eigenvalue weighted by molar-refractivity contribution is 0.104. The Hall–Kier alpha value is -2.20. The second kappa shape index (κ2) is 6.26. The Morgan fingerprint density at radius 3 is 2.36 bits per heavy atom. The summed E-state index contributed by atoms with van der Waals surface area (Å²) in [7, 11) is 0. The zero-order valence-electron chi connectivity index (χ0n) is 15.7. The van der Waals surface area contributed by atoms with E-state index in [1.807, 2.05) is 26.8 Å². The lowest BCUT2D eigenvalue weighted by atomic mass is 9.96. The number of ketones is 1. The fourth-order valence-corrected chi connectivity index (χ4v) is 4.69. The van der Waals surface area contributed by atoms with Gasteiger partial charge < -0.3 is 5.73 Å². The number of aromatic nitrogens is 1. The van der Waals surface area contributed by atoms with Crippen LogP contribution in [-0.4, -0.2) is 10.8 Å². The molecule has 2 N–H and O–H groups in total. The van der Waals surface area contributed by atoms with Gasteiger partial charge in [0.25, 0.3) is 0 Å². The molecule has 2 aromatic heterocycles. The highest BCUT2D eigenvalue weighted by molar-refractivity contribution is 7.21. The van der Waals surface area contributed by atoms with Gasteiger partial charge in [-0.1, -0.05) is 13.0 Å². The van der Waals surface area contributed by atoms with Crippen LogP contribution in [0.15, 0.2) is 12.1 Å². The second-order valence-corrected chi connectivity index (χ2v) is 7.76. The van der Waals surface area contributed by atoms with Gasteiger partial charge in [0, 0.05) is 16.6 Å². The molecule has 0 saturated carbocycles. The van der Waals surface area contributed by atoms with Gasteiger partial charge in [-0.15, -0.1) is 11.3 Å². The molecule has 0 saturated heterocycles. The molecule has 0 spiro atoms. The second-order valence-electron chi connectivity index (χ2n) is 6.76. The Balaban J connectivity index is 2.23. The molecule has 0 radical (unpaired) electrons. The van der Waals surface area contributed by atoms with E-state index in [4.69, 9.17) is 10.7 Å². The van der Waals surface area contributed by atoms with Crippen LogP contribution in [0.3, 0.4) is 0 Å². The average Bonchev–Trinajstić information content (AvgIpc) is 2.87. The van der Waals surface area contributed by atoms with Crippen molar-refractivity contribution in [2.75, 3.05) is 5.73 Å². The maximum atomic E-state index is 13.2. The largest absolute Gasteiger partial charge is 0.397 e. The van der Waals surface area contributed by atoms with Gasteiger partial charge >= 0.3 is 0 Å². The van der Waals surface area contributed by atoms with Crippen molar-refractivity contribution in [1.82, 2.24) is 4.98 Å². The maximum Gasteiger partial charge on any atom is 0.205 e. The molecule has 2 heterocycles. The van der Waals surface area contributed by atoms with Crippen LogP contribution in [0, 0.1) is 34.6 Å². The van der Waals surface area contributed by atoms with Crippen LogP contribution >= 0.6 is 11.3 Å². The number of nitrogen functional groups attached to an aromatic ring is 1. The van der Waals surface area contributed by atoms with Gasteiger partial charge in [0.2, 0.25) is 5.78 Å². The molecule has 0 aliphatic rings. The number of hydrogen-bond donors (Lipinski definition) is 1. The number of pyridine rings is 1. The summed E-state index contributed by atoms with van der Waals surface area (Å²) < 4.78 is 0. The number of benzene rings is 1. The minimum Gasteiger partial charge on any atom is -0.397 e. The number of carbonyl (C=O) groups is 1. The Kier molecular flexibility index (Phi) is 4.41. The highest BCUT2D eigenvalue weighted by Gasteiger charge is 2.23. The molecule has 0 atom stereocenters. The number of aryl methyl sites for hydroxylation is 5. The van der Waals surface area contributed by atoms with E-state index in [-0.39, 0.29) is 5.78 Å². The van der Waals surface area contributed by atoms with Crippen molar-refractivity contribution < 1.29 is 4.79 Å². The molecule has 3 nitrogen and oxygen atoms in total. The zero-order chi connectivity index (χ0) is 18.5. The van der Waals surface area contributed by atoms with Crippen molar-refractivity contribution in [3.63, 3.8) is 0 Å². The first-order valence-electron chi connectivity index (χ1n) is 8.56. The van der Waals surface area contributed by atoms with Crippen LogP contribution in [0.25, 0.3) is 10.2 Å². The molecule has 130 valence electrons. The lowest BCUT2D eigenvalue weighted by Gasteiger charge is -2.09. The van der Waals surface area contributed by atoms with E-state index in [2.05, 4.69) is 26.8 Å². The van der Waals surface area contributed by atoms with Crippen LogP contribution in [0.4, 0.5) is 5.69 Å². The average molecular weight is 353 g/mol. The first kappa shape index (κ1) is 17.6. The van der Waals surface area contributed by atoms with Crippen molar-refractivity contribution in [1.29, 1.82) is 0 Å². The number of nitrogens with zero attached hydrogens (tertiary/aromatic N) is 1. The number of fused-ring (bicyclic) bond motifs is 1. The van der Waals surface area contributed by atoms with Crippen molar-refractivity contribution in [2.45, 2.75) is 48.0 Å².